The van der Waals surface area contributed by atoms with Crippen molar-refractivity contribution in [2.45, 2.75) is 0 Å². The summed E-state index contributed by atoms with van der Waals surface area (Å²) in [6, 6.07) is 6.81. The fraction of sp³-hybridized carbons (Fsp3) is 0.217. The molecule has 0 aliphatic carbocycles. The van der Waals surface area contributed by atoms with Crippen molar-refractivity contribution < 1.29 is 18.7 Å². The first kappa shape index (κ1) is 21.9. The Hall–Kier alpha value is -3.92. The van der Waals surface area contributed by atoms with Gasteiger partial charge in [0, 0.05) is 37.6 Å². The van der Waals surface area contributed by atoms with Crippen LogP contribution in [0.4, 0.5) is 10.2 Å². The van der Waals surface area contributed by atoms with Gasteiger partial charge in [0.1, 0.15) is 22.2 Å². The maximum atomic E-state index is 14.4. The van der Waals surface area contributed by atoms with Crippen molar-refractivity contribution in [1.29, 1.82) is 0 Å². The molecule has 11 heteroatoms. The van der Waals surface area contributed by atoms with E-state index >= 15 is 0 Å². The minimum atomic E-state index is -0.631. The lowest BCUT2D eigenvalue weighted by Crippen LogP contribution is -2.48. The minimum absolute atomic E-state index is 0.0991. The van der Waals surface area contributed by atoms with Crippen LogP contribution in [0, 0.1) is 5.82 Å². The number of carbonyl (C=O) groups is 1. The van der Waals surface area contributed by atoms with E-state index < -0.39 is 5.82 Å². The van der Waals surface area contributed by atoms with Crippen LogP contribution in [0.3, 0.4) is 0 Å². The number of ether oxygens (including phenoxy) is 2. The van der Waals surface area contributed by atoms with Crippen LogP contribution in [0.25, 0.3) is 21.8 Å². The number of fused-ring (bicyclic) bond motifs is 2. The van der Waals surface area contributed by atoms with Crippen LogP contribution < -0.4 is 14.4 Å². The topological polar surface area (TPSA) is 96.5 Å². The highest BCUT2D eigenvalue weighted by atomic mass is 35.5. The second-order valence-electron chi connectivity index (χ2n) is 7.64. The fourth-order valence-corrected chi connectivity index (χ4v) is 4.18. The van der Waals surface area contributed by atoms with Crippen molar-refractivity contribution in [3.63, 3.8) is 0 Å². The summed E-state index contributed by atoms with van der Waals surface area (Å²) in [5, 5.41) is 7.78. The molecule has 2 aromatic carbocycles. The number of aromatic amines is 1. The van der Waals surface area contributed by atoms with Gasteiger partial charge in [-0.2, -0.15) is 15.1 Å². The SMILES string of the molecule is C=CC(=O)N1CCN(c2nc(OC)nc3c(Oc4c(Cl)c(F)cc5[nH]ncc45)cccc23)CC1. The number of para-hydroxylation sites is 1. The van der Waals surface area contributed by atoms with E-state index in [1.165, 1.54) is 25.4 Å². The highest BCUT2D eigenvalue weighted by molar-refractivity contribution is 6.33. The molecule has 1 fully saturated rings. The Morgan fingerprint density at radius 3 is 2.76 bits per heavy atom. The van der Waals surface area contributed by atoms with Gasteiger partial charge in [0.25, 0.3) is 0 Å². The predicted molar refractivity (Wildman–Crippen MR) is 126 cm³/mol. The molecule has 1 saturated heterocycles. The lowest BCUT2D eigenvalue weighted by atomic mass is 10.2. The zero-order chi connectivity index (χ0) is 23.8. The number of benzene rings is 2. The molecule has 5 rings (SSSR count). The van der Waals surface area contributed by atoms with E-state index in [4.69, 9.17) is 21.1 Å². The zero-order valence-electron chi connectivity index (χ0n) is 18.2. The van der Waals surface area contributed by atoms with Gasteiger partial charge in [-0.15, -0.1) is 0 Å². The molecule has 4 aromatic rings. The summed E-state index contributed by atoms with van der Waals surface area (Å²) >= 11 is 6.25. The molecule has 0 unspecified atom stereocenters. The van der Waals surface area contributed by atoms with E-state index in [9.17, 15) is 9.18 Å². The van der Waals surface area contributed by atoms with E-state index in [0.29, 0.717) is 54.2 Å². The first-order valence-electron chi connectivity index (χ1n) is 10.5. The third-order valence-corrected chi connectivity index (χ3v) is 6.05. The van der Waals surface area contributed by atoms with Crippen LogP contribution in [0.1, 0.15) is 0 Å². The molecule has 3 heterocycles. The van der Waals surface area contributed by atoms with Crippen molar-refractivity contribution >= 4 is 45.1 Å². The quantitative estimate of drug-likeness (QED) is 0.430. The van der Waals surface area contributed by atoms with Crippen LogP contribution >= 0.6 is 11.6 Å². The number of H-pyrrole nitrogens is 1. The van der Waals surface area contributed by atoms with E-state index in [1.807, 2.05) is 6.07 Å². The summed E-state index contributed by atoms with van der Waals surface area (Å²) in [5.74, 6) is 0.409. The summed E-state index contributed by atoms with van der Waals surface area (Å²) in [4.78, 5) is 24.8. The molecular weight excluding hydrogens is 463 g/mol. The number of halogens is 2. The van der Waals surface area contributed by atoms with Crippen molar-refractivity contribution in [2.75, 3.05) is 38.2 Å². The third-order valence-electron chi connectivity index (χ3n) is 5.70. The Labute approximate surface area is 198 Å². The number of hydrogen-bond donors (Lipinski definition) is 1. The van der Waals surface area contributed by atoms with Gasteiger partial charge in [0.2, 0.25) is 5.91 Å². The maximum Gasteiger partial charge on any atom is 0.318 e. The van der Waals surface area contributed by atoms with E-state index in [2.05, 4.69) is 31.6 Å². The first-order valence-corrected chi connectivity index (χ1v) is 10.9. The smallest absolute Gasteiger partial charge is 0.318 e. The number of rotatable bonds is 5. The molecule has 1 aliphatic rings. The molecule has 0 spiro atoms. The van der Waals surface area contributed by atoms with Gasteiger partial charge >= 0.3 is 6.01 Å². The lowest BCUT2D eigenvalue weighted by Gasteiger charge is -2.35. The average Bonchev–Trinajstić information content (AvgIpc) is 3.33. The van der Waals surface area contributed by atoms with Crippen LogP contribution in [-0.4, -0.2) is 64.3 Å². The van der Waals surface area contributed by atoms with Crippen molar-refractivity contribution in [2.24, 2.45) is 0 Å². The molecule has 0 bridgehead atoms. The third kappa shape index (κ3) is 3.75. The maximum absolute atomic E-state index is 14.4. The predicted octanol–water partition coefficient (Wildman–Crippen LogP) is 3.93. The van der Waals surface area contributed by atoms with Crippen LogP contribution in [-0.2, 0) is 4.79 Å². The molecule has 0 saturated carbocycles. The van der Waals surface area contributed by atoms with Crippen molar-refractivity contribution in [3.05, 3.63) is 54.0 Å². The van der Waals surface area contributed by atoms with Crippen molar-refractivity contribution in [3.8, 4) is 17.5 Å². The number of nitrogens with one attached hydrogen (secondary N) is 1. The summed E-state index contributed by atoms with van der Waals surface area (Å²) in [6.45, 7) is 5.77. The Morgan fingerprint density at radius 2 is 2.03 bits per heavy atom. The standard InChI is InChI=1S/C23H20ClFN6O3/c1-3-18(32)30-7-9-31(10-8-30)22-13-5-4-6-17(20(13)27-23(28-22)33-2)34-21-14-12-26-29-16(14)11-15(25)19(21)24/h3-6,11-12H,1,7-10H2,2H3,(H,26,29). The number of aromatic nitrogens is 4. The summed E-state index contributed by atoms with van der Waals surface area (Å²) in [7, 11) is 1.48. The zero-order valence-corrected chi connectivity index (χ0v) is 19.0. The second kappa shape index (κ2) is 8.79. The summed E-state index contributed by atoms with van der Waals surface area (Å²) in [5.41, 5.74) is 0.933. The number of methoxy groups -OCH3 is 1. The van der Waals surface area contributed by atoms with E-state index in [0.717, 1.165) is 5.39 Å². The molecule has 0 atom stereocenters. The number of amides is 1. The summed E-state index contributed by atoms with van der Waals surface area (Å²) in [6.07, 6.45) is 2.84. The van der Waals surface area contributed by atoms with Gasteiger partial charge in [0.05, 0.1) is 24.2 Å². The molecule has 0 radical (unpaired) electrons. The summed E-state index contributed by atoms with van der Waals surface area (Å²) < 4.78 is 25.9. The second-order valence-corrected chi connectivity index (χ2v) is 8.02. The molecule has 2 aromatic heterocycles. The number of hydrogen-bond acceptors (Lipinski definition) is 7. The largest absolute Gasteiger partial charge is 0.467 e. The molecule has 1 aliphatic heterocycles. The Morgan fingerprint density at radius 1 is 1.24 bits per heavy atom. The van der Waals surface area contributed by atoms with Crippen LogP contribution in [0.15, 0.2) is 43.1 Å². The van der Waals surface area contributed by atoms with Gasteiger partial charge < -0.3 is 19.3 Å². The number of piperazine rings is 1. The fourth-order valence-electron chi connectivity index (χ4n) is 3.99. The minimum Gasteiger partial charge on any atom is -0.467 e. The van der Waals surface area contributed by atoms with E-state index in [1.54, 1.807) is 17.0 Å². The molecule has 174 valence electrons. The number of carbonyl (C=O) groups excluding carboxylic acids is 1. The average molecular weight is 483 g/mol. The van der Waals surface area contributed by atoms with Gasteiger partial charge in [-0.25, -0.2) is 4.39 Å². The number of anilines is 1. The molecule has 1 N–H and O–H groups in total. The first-order chi connectivity index (χ1) is 16.5. The van der Waals surface area contributed by atoms with Crippen LogP contribution in [0.5, 0.6) is 17.5 Å². The monoisotopic (exact) mass is 482 g/mol. The Kier molecular flexibility index (Phi) is 5.66. The normalized spacial score (nSPS) is 14.0. The molecule has 34 heavy (non-hydrogen) atoms. The van der Waals surface area contributed by atoms with Crippen LogP contribution in [0.2, 0.25) is 5.02 Å². The molecular formula is C23H20ClFN6O3. The Balaban J connectivity index is 1.57. The van der Waals surface area contributed by atoms with E-state index in [-0.39, 0.29) is 22.7 Å². The molecule has 1 amide bonds. The van der Waals surface area contributed by atoms with Gasteiger partial charge in [0.15, 0.2) is 11.5 Å². The van der Waals surface area contributed by atoms with Gasteiger partial charge in [-0.1, -0.05) is 24.2 Å². The lowest BCUT2D eigenvalue weighted by molar-refractivity contribution is -0.126. The Bertz CT molecular complexity index is 1420. The highest BCUT2D eigenvalue weighted by Crippen LogP contribution is 2.41. The van der Waals surface area contributed by atoms with Gasteiger partial charge in [-0.3, -0.25) is 9.89 Å². The van der Waals surface area contributed by atoms with Gasteiger partial charge in [-0.05, 0) is 18.2 Å². The number of nitrogens with zero attached hydrogens (tertiary/aromatic N) is 5. The molecule has 9 nitrogen and oxygen atoms in total. The van der Waals surface area contributed by atoms with Crippen molar-refractivity contribution in [1.82, 2.24) is 25.1 Å². The highest BCUT2D eigenvalue weighted by Gasteiger charge is 2.24.